The van der Waals surface area contributed by atoms with Gasteiger partial charge in [-0.25, -0.2) is 13.1 Å². The predicted molar refractivity (Wildman–Crippen MR) is 79.6 cm³/mol. The van der Waals surface area contributed by atoms with Gasteiger partial charge in [-0.1, -0.05) is 25.0 Å². The summed E-state index contributed by atoms with van der Waals surface area (Å²) < 4.78 is 27.5. The van der Waals surface area contributed by atoms with E-state index >= 15 is 0 Å². The molecule has 0 bridgehead atoms. The summed E-state index contributed by atoms with van der Waals surface area (Å²) in [7, 11) is -3.52. The molecule has 0 unspecified atom stereocenters. The van der Waals surface area contributed by atoms with Crippen molar-refractivity contribution >= 4 is 16.0 Å². The molecule has 116 valence electrons. The van der Waals surface area contributed by atoms with Crippen LogP contribution in [0.1, 0.15) is 44.6 Å². The fourth-order valence-electron chi connectivity index (χ4n) is 2.73. The first-order valence-corrected chi connectivity index (χ1v) is 8.64. The summed E-state index contributed by atoms with van der Waals surface area (Å²) in [5.41, 5.74) is 0.476. The highest BCUT2D eigenvalue weighted by Gasteiger charge is 2.33. The number of nitrogens with one attached hydrogen (secondary N) is 1. The Hall–Kier alpha value is -1.40. The quantitative estimate of drug-likeness (QED) is 0.844. The van der Waals surface area contributed by atoms with Gasteiger partial charge in [0.1, 0.15) is 0 Å². The lowest BCUT2D eigenvalue weighted by Crippen LogP contribution is -2.43. The molecular weight excluding hydrogens is 290 g/mol. The molecule has 0 radical (unpaired) electrons. The van der Waals surface area contributed by atoms with Crippen molar-refractivity contribution in [3.8, 4) is 0 Å². The molecule has 1 aromatic rings. The summed E-state index contributed by atoms with van der Waals surface area (Å²) in [4.78, 5) is 10.8. The van der Waals surface area contributed by atoms with Crippen molar-refractivity contribution in [2.45, 2.75) is 55.9 Å². The Morgan fingerprint density at radius 3 is 2.33 bits per heavy atom. The maximum Gasteiger partial charge on any atom is 0.303 e. The number of hydrogen-bond donors (Lipinski definition) is 2. The van der Waals surface area contributed by atoms with E-state index in [0.717, 1.165) is 31.2 Å². The Kier molecular flexibility index (Phi) is 4.68. The molecular formula is C15H21NO4S. The van der Waals surface area contributed by atoms with Crippen molar-refractivity contribution in [3.05, 3.63) is 29.8 Å². The lowest BCUT2D eigenvalue weighted by atomic mass is 10.0. The van der Waals surface area contributed by atoms with Crippen LogP contribution in [0.5, 0.6) is 0 Å². The molecule has 21 heavy (non-hydrogen) atoms. The molecule has 2 N–H and O–H groups in total. The van der Waals surface area contributed by atoms with Crippen LogP contribution in [0.2, 0.25) is 0 Å². The Balaban J connectivity index is 2.08. The van der Waals surface area contributed by atoms with E-state index in [2.05, 4.69) is 4.72 Å². The van der Waals surface area contributed by atoms with Crippen LogP contribution in [0.25, 0.3) is 0 Å². The maximum absolute atomic E-state index is 12.4. The molecule has 6 heteroatoms. The zero-order chi connectivity index (χ0) is 15.5. The lowest BCUT2D eigenvalue weighted by Gasteiger charge is -2.24. The molecule has 1 fully saturated rings. The van der Waals surface area contributed by atoms with Crippen molar-refractivity contribution < 1.29 is 18.3 Å². The topological polar surface area (TPSA) is 83.5 Å². The first kappa shape index (κ1) is 16.0. The van der Waals surface area contributed by atoms with Crippen molar-refractivity contribution in [1.29, 1.82) is 0 Å². The van der Waals surface area contributed by atoms with E-state index in [1.807, 2.05) is 6.92 Å². The van der Waals surface area contributed by atoms with Crippen LogP contribution in [0.15, 0.2) is 29.2 Å². The highest BCUT2D eigenvalue weighted by molar-refractivity contribution is 7.89. The fourth-order valence-corrected chi connectivity index (χ4v) is 4.19. The number of rotatable bonds is 6. The fraction of sp³-hybridized carbons (Fsp3) is 0.533. The molecule has 1 aromatic carbocycles. The van der Waals surface area contributed by atoms with Gasteiger partial charge in [0.2, 0.25) is 10.0 Å². The number of carboxylic acids is 1. The first-order chi connectivity index (χ1) is 9.81. The number of aliphatic carboxylic acids is 1. The van der Waals surface area contributed by atoms with Crippen molar-refractivity contribution in [2.24, 2.45) is 0 Å². The second-order valence-electron chi connectivity index (χ2n) is 5.91. The summed E-state index contributed by atoms with van der Waals surface area (Å²) in [5, 5.41) is 8.64. The minimum Gasteiger partial charge on any atom is -0.481 e. The SMILES string of the molecule is CC1(NS(=O)(=O)c2ccc(CCC(=O)O)cc2)CCCC1. The maximum atomic E-state index is 12.4. The van der Waals surface area contributed by atoms with Gasteiger partial charge in [0.15, 0.2) is 0 Å². The number of sulfonamides is 1. The van der Waals surface area contributed by atoms with Gasteiger partial charge in [-0.15, -0.1) is 0 Å². The van der Waals surface area contributed by atoms with Crippen LogP contribution in [0.3, 0.4) is 0 Å². The molecule has 1 saturated carbocycles. The Bertz CT molecular complexity index is 601. The molecule has 0 heterocycles. The Morgan fingerprint density at radius 2 is 1.81 bits per heavy atom. The van der Waals surface area contributed by atoms with E-state index in [4.69, 9.17) is 5.11 Å². The minimum atomic E-state index is -3.52. The van der Waals surface area contributed by atoms with E-state index in [0.29, 0.717) is 6.42 Å². The van der Waals surface area contributed by atoms with Gasteiger partial charge in [-0.05, 0) is 43.9 Å². The summed E-state index contributed by atoms with van der Waals surface area (Å²) in [6.45, 7) is 1.94. The molecule has 1 aliphatic carbocycles. The van der Waals surface area contributed by atoms with Gasteiger partial charge < -0.3 is 5.11 Å². The van der Waals surface area contributed by atoms with E-state index in [1.54, 1.807) is 12.1 Å². The number of benzene rings is 1. The van der Waals surface area contributed by atoms with Gasteiger partial charge in [-0.3, -0.25) is 4.79 Å². The average Bonchev–Trinajstić information content (AvgIpc) is 2.82. The standard InChI is InChI=1S/C15H21NO4S/c1-15(10-2-3-11-15)16-21(19,20)13-7-4-12(5-8-13)6-9-14(17)18/h4-5,7-8,16H,2-3,6,9-11H2,1H3,(H,17,18). The van der Waals surface area contributed by atoms with Crippen LogP contribution in [0.4, 0.5) is 0 Å². The molecule has 0 aliphatic heterocycles. The van der Waals surface area contributed by atoms with Crippen LogP contribution in [0, 0.1) is 0 Å². The third-order valence-corrected chi connectivity index (χ3v) is 5.60. The molecule has 1 aliphatic rings. The highest BCUT2D eigenvalue weighted by atomic mass is 32.2. The normalized spacial score (nSPS) is 17.8. The monoisotopic (exact) mass is 311 g/mol. The van der Waals surface area contributed by atoms with Crippen molar-refractivity contribution in [2.75, 3.05) is 0 Å². The molecule has 0 aromatic heterocycles. The first-order valence-electron chi connectivity index (χ1n) is 7.15. The largest absolute Gasteiger partial charge is 0.481 e. The molecule has 2 rings (SSSR count). The third-order valence-electron chi connectivity index (χ3n) is 3.95. The zero-order valence-electron chi connectivity index (χ0n) is 12.1. The number of hydrogen-bond acceptors (Lipinski definition) is 3. The van der Waals surface area contributed by atoms with Gasteiger partial charge in [0.05, 0.1) is 4.90 Å². The van der Waals surface area contributed by atoms with E-state index in [-0.39, 0.29) is 16.9 Å². The molecule has 0 amide bonds. The van der Waals surface area contributed by atoms with Crippen LogP contribution >= 0.6 is 0 Å². The number of aryl methyl sites for hydroxylation is 1. The summed E-state index contributed by atoms with van der Waals surface area (Å²) in [5.74, 6) is -0.859. The second kappa shape index (κ2) is 6.15. The van der Waals surface area contributed by atoms with Gasteiger partial charge in [0, 0.05) is 12.0 Å². The summed E-state index contributed by atoms with van der Waals surface area (Å²) in [6.07, 6.45) is 4.27. The van der Waals surface area contributed by atoms with Crippen molar-refractivity contribution in [3.63, 3.8) is 0 Å². The Labute approximate surface area is 125 Å². The third kappa shape index (κ3) is 4.28. The van der Waals surface area contributed by atoms with E-state index in [9.17, 15) is 13.2 Å². The Morgan fingerprint density at radius 1 is 1.24 bits per heavy atom. The van der Waals surface area contributed by atoms with Gasteiger partial charge in [0.25, 0.3) is 0 Å². The lowest BCUT2D eigenvalue weighted by molar-refractivity contribution is -0.136. The summed E-state index contributed by atoms with van der Waals surface area (Å²) in [6, 6.07) is 6.43. The van der Waals surface area contributed by atoms with Crippen molar-refractivity contribution in [1.82, 2.24) is 4.72 Å². The van der Waals surface area contributed by atoms with Crippen LogP contribution in [-0.2, 0) is 21.2 Å². The molecule has 0 atom stereocenters. The predicted octanol–water partition coefficient (Wildman–Crippen LogP) is 2.31. The van der Waals surface area contributed by atoms with Gasteiger partial charge >= 0.3 is 5.97 Å². The minimum absolute atomic E-state index is 0.0441. The number of carboxylic acid groups (broad SMARTS) is 1. The zero-order valence-corrected chi connectivity index (χ0v) is 12.9. The van der Waals surface area contributed by atoms with E-state index < -0.39 is 16.0 Å². The van der Waals surface area contributed by atoms with Crippen LogP contribution < -0.4 is 4.72 Å². The highest BCUT2D eigenvalue weighted by Crippen LogP contribution is 2.30. The summed E-state index contributed by atoms with van der Waals surface area (Å²) >= 11 is 0. The van der Waals surface area contributed by atoms with Gasteiger partial charge in [-0.2, -0.15) is 0 Å². The van der Waals surface area contributed by atoms with E-state index in [1.165, 1.54) is 12.1 Å². The second-order valence-corrected chi connectivity index (χ2v) is 7.59. The number of carbonyl (C=O) groups is 1. The smallest absolute Gasteiger partial charge is 0.303 e. The molecule has 5 nitrogen and oxygen atoms in total. The molecule has 0 saturated heterocycles. The average molecular weight is 311 g/mol. The van der Waals surface area contributed by atoms with Crippen LogP contribution in [-0.4, -0.2) is 25.0 Å². The molecule has 0 spiro atoms.